The molecular weight excluding hydrogens is 299 g/mol. The lowest BCUT2D eigenvalue weighted by molar-refractivity contribution is -0.227. The molecule has 1 N–H and O–H groups in total. The molecule has 1 aromatic rings. The summed E-state index contributed by atoms with van der Waals surface area (Å²) in [5, 5.41) is 8.99. The number of likely N-dealkylation sites (tertiary alicyclic amines) is 1. The Hall–Kier alpha value is -2.05. The van der Waals surface area contributed by atoms with Gasteiger partial charge >= 0.3 is 12.1 Å². The number of carbonyl (C=O) groups excluding carboxylic acids is 1. The van der Waals surface area contributed by atoms with Crippen LogP contribution in [0.5, 0.6) is 0 Å². The van der Waals surface area contributed by atoms with Crippen molar-refractivity contribution in [2.75, 3.05) is 13.1 Å². The second-order valence-corrected chi connectivity index (χ2v) is 5.66. The van der Waals surface area contributed by atoms with Gasteiger partial charge in [-0.25, -0.2) is 0 Å². The summed E-state index contributed by atoms with van der Waals surface area (Å²) in [7, 11) is 0. The van der Waals surface area contributed by atoms with Gasteiger partial charge in [-0.15, -0.1) is 0 Å². The Morgan fingerprint density at radius 2 is 1.86 bits per heavy atom. The normalized spacial score (nSPS) is 22.0. The summed E-state index contributed by atoms with van der Waals surface area (Å²) in [4.78, 5) is 24.4. The van der Waals surface area contributed by atoms with Gasteiger partial charge in [0, 0.05) is 18.7 Å². The Kier molecular flexibility index (Phi) is 3.93. The topological polar surface area (TPSA) is 57.6 Å². The Balaban J connectivity index is 2.27. The van der Waals surface area contributed by atoms with Gasteiger partial charge in [0.05, 0.1) is 0 Å². The number of aliphatic carboxylic acids is 1. The lowest BCUT2D eigenvalue weighted by Gasteiger charge is -2.27. The largest absolute Gasteiger partial charge is 0.481 e. The van der Waals surface area contributed by atoms with Gasteiger partial charge in [0.1, 0.15) is 0 Å². The molecule has 2 rings (SSSR count). The number of halogens is 3. The van der Waals surface area contributed by atoms with Gasteiger partial charge in [0.2, 0.25) is 0 Å². The number of hydrogen-bond acceptors (Lipinski definition) is 2. The quantitative estimate of drug-likeness (QED) is 0.913. The van der Waals surface area contributed by atoms with Gasteiger partial charge in [0.25, 0.3) is 5.91 Å². The van der Waals surface area contributed by atoms with E-state index >= 15 is 0 Å². The lowest BCUT2D eigenvalue weighted by atomic mass is 9.86. The molecule has 1 aliphatic heterocycles. The van der Waals surface area contributed by atoms with E-state index in [1.165, 1.54) is 0 Å². The van der Waals surface area contributed by atoms with Crippen molar-refractivity contribution >= 4 is 11.9 Å². The van der Waals surface area contributed by atoms with Crippen molar-refractivity contribution in [2.45, 2.75) is 26.4 Å². The van der Waals surface area contributed by atoms with Crippen molar-refractivity contribution in [3.05, 3.63) is 34.9 Å². The van der Waals surface area contributed by atoms with Crippen LogP contribution < -0.4 is 0 Å². The highest BCUT2D eigenvalue weighted by molar-refractivity contribution is 5.95. The van der Waals surface area contributed by atoms with Crippen molar-refractivity contribution < 1.29 is 27.9 Å². The lowest BCUT2D eigenvalue weighted by Crippen LogP contribution is -2.47. The first kappa shape index (κ1) is 16.3. The number of rotatable bonds is 2. The standard InChI is InChI=1S/C15H16F3NO3/c1-9-3-4-11(7-10(9)2)12(20)19-6-5-14(8-19,13(21)22)15(16,17)18/h3-4,7H,5-6,8H2,1-2H3,(H,21,22). The minimum atomic E-state index is -4.89. The van der Waals surface area contributed by atoms with Crippen LogP contribution in [0.15, 0.2) is 18.2 Å². The van der Waals surface area contributed by atoms with Gasteiger partial charge in [-0.05, 0) is 43.5 Å². The minimum Gasteiger partial charge on any atom is -0.481 e. The molecule has 4 nitrogen and oxygen atoms in total. The number of alkyl halides is 3. The second-order valence-electron chi connectivity index (χ2n) is 5.66. The average molecular weight is 315 g/mol. The van der Waals surface area contributed by atoms with Gasteiger partial charge in [0.15, 0.2) is 5.41 Å². The molecule has 1 unspecified atom stereocenters. The monoisotopic (exact) mass is 315 g/mol. The van der Waals surface area contributed by atoms with E-state index in [9.17, 15) is 22.8 Å². The van der Waals surface area contributed by atoms with Crippen LogP contribution >= 0.6 is 0 Å². The predicted octanol–water partition coefficient (Wildman–Crippen LogP) is 2.78. The van der Waals surface area contributed by atoms with E-state index in [1.807, 2.05) is 6.92 Å². The van der Waals surface area contributed by atoms with Crippen molar-refractivity contribution in [3.8, 4) is 0 Å². The van der Waals surface area contributed by atoms with Gasteiger partial charge < -0.3 is 10.0 Å². The molecule has 0 saturated carbocycles. The van der Waals surface area contributed by atoms with Crippen molar-refractivity contribution in [3.63, 3.8) is 0 Å². The molecule has 0 aromatic heterocycles. The molecular formula is C15H16F3NO3. The summed E-state index contributed by atoms with van der Waals surface area (Å²) in [5.74, 6) is -2.51. The van der Waals surface area contributed by atoms with E-state index in [0.29, 0.717) is 0 Å². The second kappa shape index (κ2) is 5.30. The molecule has 120 valence electrons. The molecule has 0 spiro atoms. The number of hydrogen-bond donors (Lipinski definition) is 1. The van der Waals surface area contributed by atoms with E-state index in [2.05, 4.69) is 0 Å². The highest BCUT2D eigenvalue weighted by atomic mass is 19.4. The fourth-order valence-electron chi connectivity index (χ4n) is 2.57. The minimum absolute atomic E-state index is 0.225. The molecule has 0 bridgehead atoms. The molecule has 1 atom stereocenters. The molecule has 1 amide bonds. The van der Waals surface area contributed by atoms with E-state index in [4.69, 9.17) is 5.11 Å². The zero-order valence-corrected chi connectivity index (χ0v) is 12.2. The van der Waals surface area contributed by atoms with E-state index < -0.39 is 36.4 Å². The number of aryl methyl sites for hydroxylation is 2. The SMILES string of the molecule is Cc1ccc(C(=O)N2CCC(C(=O)O)(C(F)(F)F)C2)cc1C. The zero-order valence-electron chi connectivity index (χ0n) is 12.2. The predicted molar refractivity (Wildman–Crippen MR) is 72.6 cm³/mol. The van der Waals surface area contributed by atoms with Crippen LogP contribution in [0.4, 0.5) is 13.2 Å². The zero-order chi connectivity index (χ0) is 16.7. The first-order valence-electron chi connectivity index (χ1n) is 6.75. The number of nitrogens with zero attached hydrogens (tertiary/aromatic N) is 1. The van der Waals surface area contributed by atoms with Crippen LogP contribution in [0, 0.1) is 19.3 Å². The van der Waals surface area contributed by atoms with Gasteiger partial charge in [-0.2, -0.15) is 13.2 Å². The fourth-order valence-corrected chi connectivity index (χ4v) is 2.57. The van der Waals surface area contributed by atoms with Crippen LogP contribution in [-0.4, -0.2) is 41.1 Å². The highest BCUT2D eigenvalue weighted by Gasteiger charge is 2.64. The third-order valence-electron chi connectivity index (χ3n) is 4.26. The third-order valence-corrected chi connectivity index (χ3v) is 4.26. The fraction of sp³-hybridized carbons (Fsp3) is 0.467. The first-order chi connectivity index (χ1) is 10.1. The summed E-state index contributed by atoms with van der Waals surface area (Å²) in [5.41, 5.74) is -0.785. The number of carbonyl (C=O) groups is 2. The number of carboxylic acid groups (broad SMARTS) is 1. The maximum Gasteiger partial charge on any atom is 0.406 e. The maximum absolute atomic E-state index is 13.1. The highest BCUT2D eigenvalue weighted by Crippen LogP contribution is 2.46. The number of amides is 1. The van der Waals surface area contributed by atoms with E-state index in [-0.39, 0.29) is 12.1 Å². The summed E-state index contributed by atoms with van der Waals surface area (Å²) in [6.45, 7) is 2.58. The first-order valence-corrected chi connectivity index (χ1v) is 6.75. The average Bonchev–Trinajstić information content (AvgIpc) is 2.87. The Bertz CT molecular complexity index is 627. The van der Waals surface area contributed by atoms with Crippen LogP contribution in [0.25, 0.3) is 0 Å². The Labute approximate surface area is 125 Å². The molecule has 0 radical (unpaired) electrons. The number of carboxylic acids is 1. The molecule has 0 aliphatic carbocycles. The van der Waals surface area contributed by atoms with Crippen LogP contribution in [-0.2, 0) is 4.79 Å². The Morgan fingerprint density at radius 3 is 2.32 bits per heavy atom. The van der Waals surface area contributed by atoms with Gasteiger partial charge in [-0.1, -0.05) is 6.07 Å². The summed E-state index contributed by atoms with van der Waals surface area (Å²) in [6.07, 6.45) is -5.51. The molecule has 1 heterocycles. The van der Waals surface area contributed by atoms with Gasteiger partial charge in [-0.3, -0.25) is 9.59 Å². The summed E-state index contributed by atoms with van der Waals surface area (Å²) < 4.78 is 39.3. The Morgan fingerprint density at radius 1 is 1.23 bits per heavy atom. The van der Waals surface area contributed by atoms with Crippen molar-refractivity contribution in [2.24, 2.45) is 5.41 Å². The molecule has 1 saturated heterocycles. The van der Waals surface area contributed by atoms with Crippen molar-refractivity contribution in [1.29, 1.82) is 0 Å². The molecule has 7 heteroatoms. The molecule has 22 heavy (non-hydrogen) atoms. The van der Waals surface area contributed by atoms with Crippen LogP contribution in [0.2, 0.25) is 0 Å². The maximum atomic E-state index is 13.1. The summed E-state index contributed by atoms with van der Waals surface area (Å²) >= 11 is 0. The molecule has 1 aromatic carbocycles. The van der Waals surface area contributed by atoms with E-state index in [0.717, 1.165) is 16.0 Å². The summed E-state index contributed by atoms with van der Waals surface area (Å²) in [6, 6.07) is 4.86. The third kappa shape index (κ3) is 2.55. The molecule has 1 fully saturated rings. The van der Waals surface area contributed by atoms with Crippen LogP contribution in [0.1, 0.15) is 27.9 Å². The molecule has 1 aliphatic rings. The van der Waals surface area contributed by atoms with Crippen LogP contribution in [0.3, 0.4) is 0 Å². The van der Waals surface area contributed by atoms with Crippen molar-refractivity contribution in [1.82, 2.24) is 4.90 Å². The smallest absolute Gasteiger partial charge is 0.406 e. The number of benzene rings is 1. The van der Waals surface area contributed by atoms with E-state index in [1.54, 1.807) is 25.1 Å².